The van der Waals surface area contributed by atoms with Crippen molar-refractivity contribution in [3.63, 3.8) is 0 Å². The number of carbonyl (C=O) groups is 4. The summed E-state index contributed by atoms with van der Waals surface area (Å²) in [6.07, 6.45) is 2.81. The normalized spacial score (nSPS) is 15.3. The first-order valence-corrected chi connectivity index (χ1v) is 13.5. The Morgan fingerprint density at radius 1 is 0.944 bits per heavy atom. The zero-order valence-corrected chi connectivity index (χ0v) is 22.4. The van der Waals surface area contributed by atoms with Crippen molar-refractivity contribution in [2.75, 3.05) is 12.0 Å². The number of carbonyl (C=O) groups excluding carboxylic acids is 3. The Kier molecular flexibility index (Phi) is 13.3. The number of amides is 3. The quantitative estimate of drug-likeness (QED) is 0.199. The summed E-state index contributed by atoms with van der Waals surface area (Å²) in [6, 6.07) is 2.17. The average Bonchev–Trinajstić information content (AvgIpc) is 2.83. The van der Waals surface area contributed by atoms with Crippen molar-refractivity contribution in [3.05, 3.63) is 29.8 Å². The second kappa shape index (κ2) is 15.4. The maximum Gasteiger partial charge on any atom is 0.326 e. The van der Waals surface area contributed by atoms with Crippen molar-refractivity contribution in [1.29, 1.82) is 0 Å². The third-order valence-corrected chi connectivity index (χ3v) is 6.68. The molecule has 0 aliphatic heterocycles. The summed E-state index contributed by atoms with van der Waals surface area (Å²) >= 11 is 1.46. The molecule has 0 heterocycles. The summed E-state index contributed by atoms with van der Waals surface area (Å²) in [5.41, 5.74) is 6.67. The van der Waals surface area contributed by atoms with E-state index in [4.69, 9.17) is 5.73 Å². The van der Waals surface area contributed by atoms with Crippen LogP contribution in [0.5, 0.6) is 5.75 Å². The van der Waals surface area contributed by atoms with E-state index in [0.717, 1.165) is 0 Å². The highest BCUT2D eigenvalue weighted by Crippen LogP contribution is 2.13. The largest absolute Gasteiger partial charge is 0.508 e. The van der Waals surface area contributed by atoms with Gasteiger partial charge in [-0.05, 0) is 48.0 Å². The van der Waals surface area contributed by atoms with Crippen LogP contribution in [0.25, 0.3) is 0 Å². The number of aliphatic carboxylic acids is 1. The average molecular weight is 525 g/mol. The summed E-state index contributed by atoms with van der Waals surface area (Å²) in [5, 5.41) is 27.0. The molecule has 0 saturated carbocycles. The number of nitrogens with two attached hydrogens (primary N) is 1. The Morgan fingerprint density at radius 2 is 1.53 bits per heavy atom. The van der Waals surface area contributed by atoms with Crippen LogP contribution in [0.3, 0.4) is 0 Å². The fourth-order valence-corrected chi connectivity index (χ4v) is 3.87. The zero-order chi connectivity index (χ0) is 27.4. The van der Waals surface area contributed by atoms with Crippen LogP contribution in [0.15, 0.2) is 24.3 Å². The highest BCUT2D eigenvalue weighted by atomic mass is 32.2. The molecule has 5 unspecified atom stereocenters. The van der Waals surface area contributed by atoms with Gasteiger partial charge in [-0.1, -0.05) is 46.2 Å². The second-order valence-corrected chi connectivity index (χ2v) is 10.2. The predicted molar refractivity (Wildman–Crippen MR) is 141 cm³/mol. The Bertz CT molecular complexity index is 880. The predicted octanol–water partition coefficient (Wildman–Crippen LogP) is 1.26. The Balaban J connectivity index is 3.12. The van der Waals surface area contributed by atoms with Gasteiger partial charge in [0.15, 0.2) is 0 Å². The van der Waals surface area contributed by atoms with Gasteiger partial charge in [0, 0.05) is 6.42 Å². The van der Waals surface area contributed by atoms with Gasteiger partial charge < -0.3 is 31.9 Å². The molecular weight excluding hydrogens is 484 g/mol. The fourth-order valence-electron chi connectivity index (χ4n) is 3.40. The standard InChI is InChI=1S/C25H40N4O6S/c1-6-15(4)20(26)23(32)29-21(14(2)3)24(33)28-19(13-16-7-9-17(30)10-8-16)22(31)27-18(25(34)35)11-12-36-5/h7-10,14-15,18-21,30H,6,11-13,26H2,1-5H3,(H,27,31)(H,28,33)(H,29,32)(H,34,35). The number of aromatic hydroxyl groups is 1. The summed E-state index contributed by atoms with van der Waals surface area (Å²) in [6.45, 7) is 7.29. The molecule has 0 saturated heterocycles. The molecule has 36 heavy (non-hydrogen) atoms. The van der Waals surface area contributed by atoms with Gasteiger partial charge in [-0.25, -0.2) is 4.79 Å². The highest BCUT2D eigenvalue weighted by molar-refractivity contribution is 7.98. The maximum atomic E-state index is 13.2. The minimum Gasteiger partial charge on any atom is -0.508 e. The molecular formula is C25H40N4O6S. The van der Waals surface area contributed by atoms with Crippen LogP contribution in [0.2, 0.25) is 0 Å². The number of hydrogen-bond acceptors (Lipinski definition) is 7. The number of thioether (sulfide) groups is 1. The van der Waals surface area contributed by atoms with Crippen LogP contribution in [0.4, 0.5) is 0 Å². The molecule has 0 aliphatic carbocycles. The second-order valence-electron chi connectivity index (χ2n) is 9.25. The van der Waals surface area contributed by atoms with Crippen molar-refractivity contribution in [1.82, 2.24) is 16.0 Å². The number of phenolic OH excluding ortho intramolecular Hbond substituents is 1. The maximum absolute atomic E-state index is 13.2. The van der Waals surface area contributed by atoms with E-state index in [9.17, 15) is 29.4 Å². The van der Waals surface area contributed by atoms with E-state index in [1.54, 1.807) is 26.0 Å². The van der Waals surface area contributed by atoms with Crippen LogP contribution < -0.4 is 21.7 Å². The van der Waals surface area contributed by atoms with E-state index in [0.29, 0.717) is 17.7 Å². The number of carboxylic acid groups (broad SMARTS) is 1. The van der Waals surface area contributed by atoms with E-state index in [-0.39, 0.29) is 30.4 Å². The van der Waals surface area contributed by atoms with Crippen LogP contribution in [0, 0.1) is 11.8 Å². The number of phenols is 1. The third kappa shape index (κ3) is 10.1. The van der Waals surface area contributed by atoms with Crippen LogP contribution in [-0.4, -0.2) is 70.1 Å². The number of carboxylic acids is 1. The van der Waals surface area contributed by atoms with E-state index < -0.39 is 47.9 Å². The number of hydrogen-bond donors (Lipinski definition) is 6. The van der Waals surface area contributed by atoms with Crippen molar-refractivity contribution >= 4 is 35.5 Å². The lowest BCUT2D eigenvalue weighted by molar-refractivity contribution is -0.142. The molecule has 0 radical (unpaired) electrons. The van der Waals surface area contributed by atoms with E-state index >= 15 is 0 Å². The van der Waals surface area contributed by atoms with Crippen molar-refractivity contribution in [2.45, 2.75) is 71.1 Å². The molecule has 202 valence electrons. The van der Waals surface area contributed by atoms with E-state index in [2.05, 4.69) is 16.0 Å². The Hall–Kier alpha value is -2.79. The number of nitrogens with one attached hydrogen (secondary N) is 3. The Morgan fingerprint density at radius 3 is 2.03 bits per heavy atom. The van der Waals surface area contributed by atoms with Gasteiger partial charge in [-0.2, -0.15) is 11.8 Å². The summed E-state index contributed by atoms with van der Waals surface area (Å²) < 4.78 is 0. The Labute approximate surface area is 217 Å². The highest BCUT2D eigenvalue weighted by Gasteiger charge is 2.32. The molecule has 11 heteroatoms. The molecule has 5 atom stereocenters. The lowest BCUT2D eigenvalue weighted by Gasteiger charge is -2.28. The molecule has 1 aromatic rings. The monoisotopic (exact) mass is 524 g/mol. The smallest absolute Gasteiger partial charge is 0.326 e. The van der Waals surface area contributed by atoms with Gasteiger partial charge in [-0.15, -0.1) is 0 Å². The molecule has 0 spiro atoms. The van der Waals surface area contributed by atoms with E-state index in [1.165, 1.54) is 23.9 Å². The summed E-state index contributed by atoms with van der Waals surface area (Å²) in [4.78, 5) is 50.6. The van der Waals surface area contributed by atoms with Crippen molar-refractivity contribution in [3.8, 4) is 5.75 Å². The van der Waals surface area contributed by atoms with Gasteiger partial charge in [0.05, 0.1) is 6.04 Å². The van der Waals surface area contributed by atoms with Crippen LogP contribution in [-0.2, 0) is 25.6 Å². The lowest BCUT2D eigenvalue weighted by atomic mass is 9.97. The molecule has 1 rings (SSSR count). The van der Waals surface area contributed by atoms with Crippen LogP contribution in [0.1, 0.15) is 46.1 Å². The first-order valence-electron chi connectivity index (χ1n) is 12.1. The molecule has 0 bridgehead atoms. The minimum absolute atomic E-state index is 0.0482. The SMILES string of the molecule is CCC(C)C(N)C(=O)NC(C(=O)NC(Cc1ccc(O)cc1)C(=O)NC(CCSC)C(=O)O)C(C)C. The van der Waals surface area contributed by atoms with Crippen LogP contribution >= 0.6 is 11.8 Å². The lowest BCUT2D eigenvalue weighted by Crippen LogP contribution is -2.59. The zero-order valence-electron chi connectivity index (χ0n) is 21.6. The number of rotatable bonds is 15. The van der Waals surface area contributed by atoms with Gasteiger partial charge in [-0.3, -0.25) is 14.4 Å². The molecule has 10 nitrogen and oxygen atoms in total. The van der Waals surface area contributed by atoms with Gasteiger partial charge in [0.25, 0.3) is 0 Å². The molecule has 0 fully saturated rings. The molecule has 0 aromatic heterocycles. The van der Waals surface area contributed by atoms with Gasteiger partial charge >= 0.3 is 5.97 Å². The molecule has 1 aromatic carbocycles. The van der Waals surface area contributed by atoms with Crippen molar-refractivity contribution < 1.29 is 29.4 Å². The first-order chi connectivity index (χ1) is 16.9. The minimum atomic E-state index is -1.17. The van der Waals surface area contributed by atoms with Gasteiger partial charge in [0.1, 0.15) is 23.9 Å². The fraction of sp³-hybridized carbons (Fsp3) is 0.600. The number of benzene rings is 1. The van der Waals surface area contributed by atoms with E-state index in [1.807, 2.05) is 20.1 Å². The third-order valence-electron chi connectivity index (χ3n) is 6.04. The molecule has 0 aliphatic rings. The topological polar surface area (TPSA) is 171 Å². The van der Waals surface area contributed by atoms with Gasteiger partial charge in [0.2, 0.25) is 17.7 Å². The first kappa shape index (κ1) is 31.2. The molecule has 3 amide bonds. The summed E-state index contributed by atoms with van der Waals surface area (Å²) in [7, 11) is 0. The molecule has 7 N–H and O–H groups in total. The van der Waals surface area contributed by atoms with Crippen molar-refractivity contribution in [2.24, 2.45) is 17.6 Å². The summed E-state index contributed by atoms with van der Waals surface area (Å²) in [5.74, 6) is -2.66.